The Morgan fingerprint density at radius 2 is 1.61 bits per heavy atom. The van der Waals surface area contributed by atoms with Crippen LogP contribution in [0.1, 0.15) is 37.3 Å². The van der Waals surface area contributed by atoms with Gasteiger partial charge in [0, 0.05) is 32.7 Å². The summed E-state index contributed by atoms with van der Waals surface area (Å²) in [5.74, 6) is 0.448. The first-order valence-corrected chi connectivity index (χ1v) is 11.5. The second kappa shape index (κ2) is 9.50. The van der Waals surface area contributed by atoms with E-state index in [4.69, 9.17) is 0 Å². The van der Waals surface area contributed by atoms with Gasteiger partial charge in [-0.1, -0.05) is 68.5 Å². The second-order valence-corrected chi connectivity index (χ2v) is 9.33. The topological polar surface area (TPSA) is 40.6 Å². The van der Waals surface area contributed by atoms with E-state index < -0.39 is 10.0 Å². The molecule has 0 bridgehead atoms. The zero-order chi connectivity index (χ0) is 20.0. The van der Waals surface area contributed by atoms with Crippen molar-refractivity contribution >= 4 is 16.1 Å². The van der Waals surface area contributed by atoms with E-state index in [2.05, 4.69) is 43.0 Å². The van der Waals surface area contributed by atoms with Crippen LogP contribution in [0, 0.1) is 0 Å². The number of hydrogen-bond donors (Lipinski definition) is 0. The van der Waals surface area contributed by atoms with Crippen LogP contribution in [0.3, 0.4) is 0 Å². The van der Waals surface area contributed by atoms with Crippen LogP contribution >= 0.6 is 0 Å². The van der Waals surface area contributed by atoms with Gasteiger partial charge in [0.05, 0.1) is 4.90 Å². The normalized spacial score (nSPS) is 17.8. The van der Waals surface area contributed by atoms with Gasteiger partial charge in [0.25, 0.3) is 0 Å². The molecule has 1 fully saturated rings. The van der Waals surface area contributed by atoms with Gasteiger partial charge in [-0.05, 0) is 35.6 Å². The maximum absolute atomic E-state index is 12.9. The summed E-state index contributed by atoms with van der Waals surface area (Å²) in [7, 11) is -3.41. The average Bonchev–Trinajstić information content (AvgIpc) is 2.74. The van der Waals surface area contributed by atoms with Crippen LogP contribution in [0.2, 0.25) is 0 Å². The molecule has 0 amide bonds. The minimum atomic E-state index is -3.41. The fraction of sp³-hybridized carbons (Fsp3) is 0.391. The lowest BCUT2D eigenvalue weighted by molar-refractivity contribution is 0.204. The highest BCUT2D eigenvalue weighted by Crippen LogP contribution is 2.23. The lowest BCUT2D eigenvalue weighted by Crippen LogP contribution is -2.48. The van der Waals surface area contributed by atoms with Crippen LogP contribution in [0.5, 0.6) is 0 Å². The van der Waals surface area contributed by atoms with E-state index in [-0.39, 0.29) is 0 Å². The SMILES string of the molecule is CCC(C)c1ccc(S(=O)(=O)N2CCN(C/C=C/c3ccccc3)CC2)cc1. The van der Waals surface area contributed by atoms with Crippen molar-refractivity contribution in [1.82, 2.24) is 9.21 Å². The summed E-state index contributed by atoms with van der Waals surface area (Å²) in [5, 5.41) is 0. The molecule has 150 valence electrons. The smallest absolute Gasteiger partial charge is 0.243 e. The fourth-order valence-electron chi connectivity index (χ4n) is 3.41. The highest BCUT2D eigenvalue weighted by atomic mass is 32.2. The van der Waals surface area contributed by atoms with Crippen LogP contribution in [0.25, 0.3) is 6.08 Å². The van der Waals surface area contributed by atoms with Crippen molar-refractivity contribution in [2.75, 3.05) is 32.7 Å². The molecule has 0 saturated carbocycles. The van der Waals surface area contributed by atoms with Gasteiger partial charge < -0.3 is 0 Å². The summed E-state index contributed by atoms with van der Waals surface area (Å²) < 4.78 is 27.5. The Morgan fingerprint density at radius 1 is 0.964 bits per heavy atom. The Morgan fingerprint density at radius 3 is 2.21 bits per heavy atom. The summed E-state index contributed by atoms with van der Waals surface area (Å²) in [6, 6.07) is 17.6. The lowest BCUT2D eigenvalue weighted by Gasteiger charge is -2.33. The molecule has 1 saturated heterocycles. The standard InChI is InChI=1S/C23H30N2O2S/c1-3-20(2)22-11-13-23(14-12-22)28(26,27)25-18-16-24(17-19-25)15-7-10-21-8-5-4-6-9-21/h4-14,20H,3,15-19H2,1-2H3/b10-7+. The van der Waals surface area contributed by atoms with Crippen molar-refractivity contribution in [3.8, 4) is 0 Å². The fourth-order valence-corrected chi connectivity index (χ4v) is 4.83. The van der Waals surface area contributed by atoms with Crippen molar-refractivity contribution in [3.63, 3.8) is 0 Å². The van der Waals surface area contributed by atoms with E-state index in [9.17, 15) is 8.42 Å². The summed E-state index contributed by atoms with van der Waals surface area (Å²) in [6.07, 6.45) is 5.31. The van der Waals surface area contributed by atoms with Crippen molar-refractivity contribution in [1.29, 1.82) is 0 Å². The van der Waals surface area contributed by atoms with Gasteiger partial charge in [-0.15, -0.1) is 0 Å². The minimum absolute atomic E-state index is 0.400. The molecule has 0 aromatic heterocycles. The van der Waals surface area contributed by atoms with E-state index in [0.717, 1.165) is 26.1 Å². The predicted octanol–water partition coefficient (Wildman–Crippen LogP) is 4.22. The summed E-state index contributed by atoms with van der Waals surface area (Å²) >= 11 is 0. The first kappa shape index (κ1) is 20.8. The van der Waals surface area contributed by atoms with Gasteiger partial charge in [0.2, 0.25) is 10.0 Å². The minimum Gasteiger partial charge on any atom is -0.297 e. The molecular weight excluding hydrogens is 368 g/mol. The molecule has 2 aromatic rings. The molecule has 0 radical (unpaired) electrons. The molecule has 0 spiro atoms. The number of hydrogen-bond acceptors (Lipinski definition) is 3. The molecule has 0 aliphatic carbocycles. The van der Waals surface area contributed by atoms with Gasteiger partial charge in [-0.2, -0.15) is 4.31 Å². The molecule has 4 nitrogen and oxygen atoms in total. The molecule has 1 aliphatic rings. The van der Waals surface area contributed by atoms with Crippen LogP contribution in [-0.2, 0) is 10.0 Å². The van der Waals surface area contributed by atoms with Crippen LogP contribution in [0.4, 0.5) is 0 Å². The number of piperazine rings is 1. The number of benzene rings is 2. The van der Waals surface area contributed by atoms with Gasteiger partial charge in [0.1, 0.15) is 0 Å². The van der Waals surface area contributed by atoms with Crippen molar-refractivity contribution < 1.29 is 8.42 Å². The second-order valence-electron chi connectivity index (χ2n) is 7.40. The molecule has 1 unspecified atom stereocenters. The Balaban J connectivity index is 1.55. The largest absolute Gasteiger partial charge is 0.297 e. The Bertz CT molecular complexity index is 869. The van der Waals surface area contributed by atoms with E-state index >= 15 is 0 Å². The molecule has 5 heteroatoms. The molecule has 28 heavy (non-hydrogen) atoms. The quantitative estimate of drug-likeness (QED) is 0.701. The first-order valence-electron chi connectivity index (χ1n) is 10.0. The van der Waals surface area contributed by atoms with Gasteiger partial charge >= 0.3 is 0 Å². The molecule has 0 N–H and O–H groups in total. The summed E-state index contributed by atoms with van der Waals surface area (Å²) in [6.45, 7) is 7.72. The monoisotopic (exact) mass is 398 g/mol. The van der Waals surface area contributed by atoms with Crippen molar-refractivity contribution in [3.05, 3.63) is 71.8 Å². The zero-order valence-corrected chi connectivity index (χ0v) is 17.6. The Labute approximate surface area is 169 Å². The third-order valence-electron chi connectivity index (χ3n) is 5.50. The van der Waals surface area contributed by atoms with Gasteiger partial charge in [-0.25, -0.2) is 8.42 Å². The summed E-state index contributed by atoms with van der Waals surface area (Å²) in [5.41, 5.74) is 2.38. The Kier molecular flexibility index (Phi) is 7.05. The molecule has 1 atom stereocenters. The van der Waals surface area contributed by atoms with E-state index in [1.54, 1.807) is 16.4 Å². The molecular formula is C23H30N2O2S. The van der Waals surface area contributed by atoms with E-state index in [1.807, 2.05) is 30.3 Å². The lowest BCUT2D eigenvalue weighted by atomic mass is 9.99. The highest BCUT2D eigenvalue weighted by molar-refractivity contribution is 7.89. The van der Waals surface area contributed by atoms with Crippen LogP contribution < -0.4 is 0 Å². The maximum atomic E-state index is 12.9. The van der Waals surface area contributed by atoms with Gasteiger partial charge in [0.15, 0.2) is 0 Å². The number of rotatable bonds is 7. The van der Waals surface area contributed by atoms with Crippen molar-refractivity contribution in [2.45, 2.75) is 31.1 Å². The third kappa shape index (κ3) is 5.10. The number of sulfonamides is 1. The van der Waals surface area contributed by atoms with E-state index in [1.165, 1.54) is 11.1 Å². The average molecular weight is 399 g/mol. The molecule has 2 aromatic carbocycles. The zero-order valence-electron chi connectivity index (χ0n) is 16.8. The van der Waals surface area contributed by atoms with Crippen LogP contribution in [-0.4, -0.2) is 50.3 Å². The number of nitrogens with zero attached hydrogens (tertiary/aromatic N) is 2. The first-order chi connectivity index (χ1) is 13.5. The van der Waals surface area contributed by atoms with E-state index in [0.29, 0.717) is 23.9 Å². The Hall–Kier alpha value is -1.95. The van der Waals surface area contributed by atoms with Gasteiger partial charge in [-0.3, -0.25) is 4.90 Å². The predicted molar refractivity (Wildman–Crippen MR) is 116 cm³/mol. The molecule has 1 aliphatic heterocycles. The highest BCUT2D eigenvalue weighted by Gasteiger charge is 2.28. The summed E-state index contributed by atoms with van der Waals surface area (Å²) in [4.78, 5) is 2.69. The molecule has 1 heterocycles. The third-order valence-corrected chi connectivity index (χ3v) is 7.42. The molecule has 3 rings (SSSR count). The van der Waals surface area contributed by atoms with Crippen molar-refractivity contribution in [2.24, 2.45) is 0 Å². The van der Waals surface area contributed by atoms with Crippen LogP contribution in [0.15, 0.2) is 65.6 Å². The maximum Gasteiger partial charge on any atom is 0.243 e.